The second-order valence-electron chi connectivity index (χ2n) is 5.42. The Bertz CT molecular complexity index is 464. The van der Waals surface area contributed by atoms with Crippen molar-refractivity contribution in [3.8, 4) is 0 Å². The first-order valence-electron chi connectivity index (χ1n) is 7.47. The molecule has 1 unspecified atom stereocenters. The third kappa shape index (κ3) is 4.29. The van der Waals surface area contributed by atoms with Crippen molar-refractivity contribution in [2.75, 3.05) is 26.2 Å². The zero-order valence-corrected chi connectivity index (χ0v) is 12.3. The van der Waals surface area contributed by atoms with E-state index in [4.69, 9.17) is 5.73 Å². The van der Waals surface area contributed by atoms with E-state index in [1.54, 1.807) is 9.80 Å². The maximum Gasteiger partial charge on any atom is 0.236 e. The number of nitrogens with zero attached hydrogens (tertiary/aromatic N) is 2. The number of hydrogen-bond acceptors (Lipinski definition) is 3. The van der Waals surface area contributed by atoms with E-state index < -0.39 is 0 Å². The molecular formula is C16H23N3O2. The molecule has 2 rings (SSSR count). The predicted molar refractivity (Wildman–Crippen MR) is 81.6 cm³/mol. The fraction of sp³-hybridized carbons (Fsp3) is 0.500. The van der Waals surface area contributed by atoms with Gasteiger partial charge in [-0.25, -0.2) is 0 Å². The molecule has 2 amide bonds. The van der Waals surface area contributed by atoms with E-state index >= 15 is 0 Å². The maximum atomic E-state index is 12.0. The van der Waals surface area contributed by atoms with Crippen molar-refractivity contribution in [3.63, 3.8) is 0 Å². The van der Waals surface area contributed by atoms with Gasteiger partial charge in [0.15, 0.2) is 0 Å². The zero-order chi connectivity index (χ0) is 15.1. The Labute approximate surface area is 125 Å². The van der Waals surface area contributed by atoms with Crippen molar-refractivity contribution in [2.24, 2.45) is 5.73 Å². The van der Waals surface area contributed by atoms with Gasteiger partial charge in [-0.15, -0.1) is 0 Å². The molecule has 21 heavy (non-hydrogen) atoms. The third-order valence-corrected chi connectivity index (χ3v) is 4.03. The summed E-state index contributed by atoms with van der Waals surface area (Å²) in [4.78, 5) is 26.6. The monoisotopic (exact) mass is 289 g/mol. The summed E-state index contributed by atoms with van der Waals surface area (Å²) < 4.78 is 0. The summed E-state index contributed by atoms with van der Waals surface area (Å²) >= 11 is 0. The van der Waals surface area contributed by atoms with Crippen LogP contribution in [0.1, 0.15) is 18.4 Å². The van der Waals surface area contributed by atoms with Crippen LogP contribution in [0.2, 0.25) is 0 Å². The van der Waals surface area contributed by atoms with Gasteiger partial charge in [0.1, 0.15) is 0 Å². The fourth-order valence-electron chi connectivity index (χ4n) is 2.80. The van der Waals surface area contributed by atoms with Crippen LogP contribution in [-0.2, 0) is 16.0 Å². The molecule has 0 aliphatic carbocycles. The minimum atomic E-state index is -0.0521. The molecule has 1 aromatic rings. The van der Waals surface area contributed by atoms with Gasteiger partial charge in [-0.1, -0.05) is 30.3 Å². The summed E-state index contributed by atoms with van der Waals surface area (Å²) in [5.41, 5.74) is 6.71. The molecule has 0 radical (unpaired) electrons. The lowest BCUT2D eigenvalue weighted by molar-refractivity contribution is -0.131. The highest BCUT2D eigenvalue weighted by atomic mass is 16.2. The highest BCUT2D eigenvalue weighted by molar-refractivity contribution is 5.78. The highest BCUT2D eigenvalue weighted by Gasteiger charge is 2.26. The molecule has 5 nitrogen and oxygen atoms in total. The first kappa shape index (κ1) is 15.5. The van der Waals surface area contributed by atoms with Crippen LogP contribution in [0, 0.1) is 0 Å². The van der Waals surface area contributed by atoms with Gasteiger partial charge in [0.2, 0.25) is 12.3 Å². The van der Waals surface area contributed by atoms with Crippen molar-refractivity contribution in [1.29, 1.82) is 0 Å². The summed E-state index contributed by atoms with van der Waals surface area (Å²) in [7, 11) is 0. The molecule has 0 spiro atoms. The third-order valence-electron chi connectivity index (χ3n) is 4.03. The second-order valence-corrected chi connectivity index (χ2v) is 5.42. The average Bonchev–Trinajstić information content (AvgIpc) is 2.98. The minimum Gasteiger partial charge on any atom is -0.340 e. The molecule has 1 heterocycles. The average molecular weight is 289 g/mol. The van der Waals surface area contributed by atoms with E-state index in [1.165, 1.54) is 5.56 Å². The van der Waals surface area contributed by atoms with Crippen LogP contribution < -0.4 is 5.73 Å². The van der Waals surface area contributed by atoms with Gasteiger partial charge in [-0.2, -0.15) is 0 Å². The first-order valence-corrected chi connectivity index (χ1v) is 7.47. The summed E-state index contributed by atoms with van der Waals surface area (Å²) in [6, 6.07) is 10.2. The van der Waals surface area contributed by atoms with E-state index in [1.807, 2.05) is 18.2 Å². The lowest BCUT2D eigenvalue weighted by Crippen LogP contribution is -2.45. The van der Waals surface area contributed by atoms with E-state index in [-0.39, 0.29) is 18.5 Å². The van der Waals surface area contributed by atoms with Gasteiger partial charge in [0.05, 0.1) is 6.54 Å². The summed E-state index contributed by atoms with van der Waals surface area (Å²) in [6.07, 6.45) is 3.66. The number of amides is 2. The number of carbonyl (C=O) groups is 2. The normalized spacial score (nSPS) is 17.8. The van der Waals surface area contributed by atoms with Crippen LogP contribution in [-0.4, -0.2) is 54.3 Å². The Hall–Kier alpha value is -1.88. The van der Waals surface area contributed by atoms with Crippen LogP contribution in [0.4, 0.5) is 0 Å². The Kier molecular flexibility index (Phi) is 5.75. The number of nitrogens with two attached hydrogens (primary N) is 1. The number of rotatable bonds is 7. The molecule has 5 heteroatoms. The Balaban J connectivity index is 1.94. The molecule has 1 aliphatic heterocycles. The Morgan fingerprint density at radius 2 is 2.14 bits per heavy atom. The van der Waals surface area contributed by atoms with Gasteiger partial charge in [-0.05, 0) is 24.8 Å². The van der Waals surface area contributed by atoms with Crippen LogP contribution in [0.25, 0.3) is 0 Å². The van der Waals surface area contributed by atoms with Gasteiger partial charge < -0.3 is 15.5 Å². The lowest BCUT2D eigenvalue weighted by atomic mass is 10.1. The van der Waals surface area contributed by atoms with E-state index in [0.717, 1.165) is 32.2 Å². The minimum absolute atomic E-state index is 0.0165. The van der Waals surface area contributed by atoms with Gasteiger partial charge in [0, 0.05) is 25.7 Å². The summed E-state index contributed by atoms with van der Waals surface area (Å²) in [5.74, 6) is -0.0521. The van der Waals surface area contributed by atoms with Crippen LogP contribution in [0.5, 0.6) is 0 Å². The van der Waals surface area contributed by atoms with Gasteiger partial charge in [0.25, 0.3) is 0 Å². The molecular weight excluding hydrogens is 266 g/mol. The SMILES string of the molecule is NCC(=O)N(CCc1ccccc1)CC1CCCN1C=O. The van der Waals surface area contributed by atoms with Crippen molar-refractivity contribution in [3.05, 3.63) is 35.9 Å². The van der Waals surface area contributed by atoms with Crippen molar-refractivity contribution in [2.45, 2.75) is 25.3 Å². The smallest absolute Gasteiger partial charge is 0.236 e. The molecule has 114 valence electrons. The van der Waals surface area contributed by atoms with Gasteiger partial charge >= 0.3 is 0 Å². The maximum absolute atomic E-state index is 12.0. The molecule has 0 aromatic heterocycles. The lowest BCUT2D eigenvalue weighted by Gasteiger charge is -2.29. The van der Waals surface area contributed by atoms with Crippen molar-refractivity contribution in [1.82, 2.24) is 9.80 Å². The van der Waals surface area contributed by atoms with Crippen LogP contribution >= 0.6 is 0 Å². The molecule has 1 saturated heterocycles. The quantitative estimate of drug-likeness (QED) is 0.749. The summed E-state index contributed by atoms with van der Waals surface area (Å²) in [6.45, 7) is 2.03. The number of likely N-dealkylation sites (tertiary alicyclic amines) is 1. The molecule has 1 aromatic carbocycles. The number of hydrogen-bond donors (Lipinski definition) is 1. The fourth-order valence-corrected chi connectivity index (χ4v) is 2.80. The zero-order valence-electron chi connectivity index (χ0n) is 12.3. The molecule has 2 N–H and O–H groups in total. The molecule has 0 bridgehead atoms. The largest absolute Gasteiger partial charge is 0.340 e. The van der Waals surface area contributed by atoms with E-state index in [0.29, 0.717) is 13.1 Å². The van der Waals surface area contributed by atoms with Gasteiger partial charge in [-0.3, -0.25) is 9.59 Å². The molecule has 1 aliphatic rings. The van der Waals surface area contributed by atoms with E-state index in [9.17, 15) is 9.59 Å². The van der Waals surface area contributed by atoms with Crippen LogP contribution in [0.15, 0.2) is 30.3 Å². The van der Waals surface area contributed by atoms with Crippen LogP contribution in [0.3, 0.4) is 0 Å². The van der Waals surface area contributed by atoms with Crippen molar-refractivity contribution < 1.29 is 9.59 Å². The Morgan fingerprint density at radius 3 is 2.81 bits per heavy atom. The number of benzene rings is 1. The van der Waals surface area contributed by atoms with E-state index in [2.05, 4.69) is 12.1 Å². The second kappa shape index (κ2) is 7.78. The van der Waals surface area contributed by atoms with Crippen molar-refractivity contribution >= 4 is 12.3 Å². The molecule has 1 atom stereocenters. The standard InChI is InChI=1S/C16H23N3O2/c17-11-16(21)18(10-8-14-5-2-1-3-6-14)12-15-7-4-9-19(15)13-20/h1-3,5-6,13,15H,4,7-12,17H2. The molecule has 0 saturated carbocycles. The first-order chi connectivity index (χ1) is 10.2. The predicted octanol–water partition coefficient (Wildman–Crippen LogP) is 0.637. The topological polar surface area (TPSA) is 66.6 Å². The summed E-state index contributed by atoms with van der Waals surface area (Å²) in [5, 5.41) is 0. The highest BCUT2D eigenvalue weighted by Crippen LogP contribution is 2.16. The number of carbonyl (C=O) groups excluding carboxylic acids is 2. The molecule has 1 fully saturated rings. The Morgan fingerprint density at radius 1 is 1.38 bits per heavy atom.